The van der Waals surface area contributed by atoms with Crippen molar-refractivity contribution in [1.29, 1.82) is 5.26 Å². The van der Waals surface area contributed by atoms with Gasteiger partial charge in [0, 0.05) is 58.4 Å². The van der Waals surface area contributed by atoms with Crippen molar-refractivity contribution in [3.05, 3.63) is 65.7 Å². The third-order valence-electron chi connectivity index (χ3n) is 5.43. The fourth-order valence-electron chi connectivity index (χ4n) is 3.67. The average molecular weight is 420 g/mol. The average Bonchev–Trinajstić information content (AvgIpc) is 3.06. The second kappa shape index (κ2) is 11.0. The summed E-state index contributed by atoms with van der Waals surface area (Å²) in [7, 11) is 1.75. The van der Waals surface area contributed by atoms with Crippen molar-refractivity contribution >= 4 is 17.6 Å². The van der Waals surface area contributed by atoms with Crippen LogP contribution in [0.15, 0.2) is 54.6 Å². The van der Waals surface area contributed by atoms with E-state index in [0.717, 1.165) is 30.8 Å². The Labute approximate surface area is 183 Å². The Morgan fingerprint density at radius 2 is 1.77 bits per heavy atom. The van der Waals surface area contributed by atoms with Gasteiger partial charge in [-0.25, -0.2) is 4.79 Å². The summed E-state index contributed by atoms with van der Waals surface area (Å²) in [6, 6.07) is 19.3. The molecule has 2 aromatic carbocycles. The first-order valence-corrected chi connectivity index (χ1v) is 10.6. The number of nitrogens with one attached hydrogen (secondary N) is 1. The molecule has 0 radical (unpaired) electrons. The van der Waals surface area contributed by atoms with E-state index >= 15 is 0 Å². The van der Waals surface area contributed by atoms with Crippen LogP contribution in [0.3, 0.4) is 0 Å². The number of rotatable bonds is 6. The Bertz CT molecular complexity index is 908. The molecule has 1 aliphatic heterocycles. The fourth-order valence-corrected chi connectivity index (χ4v) is 3.67. The molecule has 0 aliphatic carbocycles. The predicted molar refractivity (Wildman–Crippen MR) is 120 cm³/mol. The van der Waals surface area contributed by atoms with E-state index in [0.29, 0.717) is 38.2 Å². The number of carbonyl (C=O) groups excluding carboxylic acids is 2. The molecule has 0 bridgehead atoms. The molecular weight excluding hydrogens is 390 g/mol. The highest BCUT2D eigenvalue weighted by Gasteiger charge is 2.19. The lowest BCUT2D eigenvalue weighted by molar-refractivity contribution is -0.130. The quantitative estimate of drug-likeness (QED) is 0.781. The van der Waals surface area contributed by atoms with Gasteiger partial charge in [0.25, 0.3) is 0 Å². The van der Waals surface area contributed by atoms with Crippen LogP contribution in [-0.4, -0.2) is 61.5 Å². The van der Waals surface area contributed by atoms with Gasteiger partial charge in [0.15, 0.2) is 0 Å². The Hall–Kier alpha value is -3.53. The third kappa shape index (κ3) is 6.48. The van der Waals surface area contributed by atoms with E-state index in [9.17, 15) is 9.59 Å². The van der Waals surface area contributed by atoms with E-state index in [1.807, 2.05) is 59.5 Å². The maximum atomic E-state index is 12.6. The largest absolute Gasteiger partial charge is 0.370 e. The van der Waals surface area contributed by atoms with E-state index < -0.39 is 0 Å². The second-order valence-electron chi connectivity index (χ2n) is 7.70. The number of urea groups is 1. The third-order valence-corrected chi connectivity index (χ3v) is 5.43. The predicted octanol–water partition coefficient (Wildman–Crippen LogP) is 2.83. The molecular formula is C24H29N5O2. The van der Waals surface area contributed by atoms with Gasteiger partial charge in [0.1, 0.15) is 0 Å². The molecule has 0 atom stereocenters. The molecule has 1 saturated heterocycles. The van der Waals surface area contributed by atoms with Gasteiger partial charge in [-0.15, -0.1) is 0 Å². The molecule has 7 nitrogen and oxygen atoms in total. The molecule has 31 heavy (non-hydrogen) atoms. The highest BCUT2D eigenvalue weighted by atomic mass is 16.2. The minimum Gasteiger partial charge on any atom is -0.370 e. The molecule has 7 heteroatoms. The van der Waals surface area contributed by atoms with Gasteiger partial charge in [-0.2, -0.15) is 5.26 Å². The van der Waals surface area contributed by atoms with Crippen LogP contribution in [0, 0.1) is 11.3 Å². The smallest absolute Gasteiger partial charge is 0.317 e. The number of amides is 3. The van der Waals surface area contributed by atoms with E-state index in [-0.39, 0.29) is 11.9 Å². The van der Waals surface area contributed by atoms with Gasteiger partial charge in [0.05, 0.1) is 11.6 Å². The van der Waals surface area contributed by atoms with Gasteiger partial charge < -0.3 is 20.0 Å². The molecule has 2 aromatic rings. The lowest BCUT2D eigenvalue weighted by Crippen LogP contribution is -2.40. The van der Waals surface area contributed by atoms with Crippen LogP contribution in [0.5, 0.6) is 0 Å². The highest BCUT2D eigenvalue weighted by Crippen LogP contribution is 2.17. The highest BCUT2D eigenvalue weighted by molar-refractivity contribution is 5.78. The Morgan fingerprint density at radius 3 is 2.48 bits per heavy atom. The van der Waals surface area contributed by atoms with E-state index in [1.165, 1.54) is 0 Å². The monoisotopic (exact) mass is 419 g/mol. The summed E-state index contributed by atoms with van der Waals surface area (Å²) in [4.78, 5) is 30.6. The summed E-state index contributed by atoms with van der Waals surface area (Å²) in [5, 5.41) is 11.8. The zero-order chi connectivity index (χ0) is 22.1. The van der Waals surface area contributed by atoms with Gasteiger partial charge in [-0.1, -0.05) is 30.3 Å². The number of benzene rings is 2. The van der Waals surface area contributed by atoms with Gasteiger partial charge in [0.2, 0.25) is 5.91 Å². The molecule has 0 unspecified atom stereocenters. The lowest BCUT2D eigenvalue weighted by atomic mass is 10.2. The number of carbonyl (C=O) groups is 2. The van der Waals surface area contributed by atoms with E-state index in [2.05, 4.69) is 16.3 Å². The summed E-state index contributed by atoms with van der Waals surface area (Å²) in [5.41, 5.74) is 2.78. The van der Waals surface area contributed by atoms with Crippen molar-refractivity contribution in [1.82, 2.24) is 15.1 Å². The van der Waals surface area contributed by atoms with Gasteiger partial charge in [-0.3, -0.25) is 4.79 Å². The van der Waals surface area contributed by atoms with Crippen molar-refractivity contribution in [3.63, 3.8) is 0 Å². The molecule has 3 amide bonds. The van der Waals surface area contributed by atoms with Gasteiger partial charge >= 0.3 is 6.03 Å². The second-order valence-corrected chi connectivity index (χ2v) is 7.70. The Kier molecular flexibility index (Phi) is 7.88. The standard InChI is InChI=1S/C24H29N5O2/c1-27(19-21-6-3-2-4-7-21)24(31)26-13-12-23(30)29-15-5-14-28(16-17-29)22-10-8-20(18-25)9-11-22/h2-4,6-11H,5,12-17,19H2,1H3,(H,26,31). The topological polar surface area (TPSA) is 79.7 Å². The summed E-state index contributed by atoms with van der Waals surface area (Å²) < 4.78 is 0. The zero-order valence-corrected chi connectivity index (χ0v) is 18.0. The molecule has 0 saturated carbocycles. The number of hydrogen-bond acceptors (Lipinski definition) is 4. The molecule has 3 rings (SSSR count). The minimum atomic E-state index is -0.181. The number of nitriles is 1. The number of hydrogen-bond donors (Lipinski definition) is 1. The number of anilines is 1. The first-order chi connectivity index (χ1) is 15.1. The first kappa shape index (κ1) is 22.2. The summed E-state index contributed by atoms with van der Waals surface area (Å²) in [6.07, 6.45) is 1.18. The van der Waals surface area contributed by atoms with Gasteiger partial charge in [-0.05, 0) is 36.2 Å². The molecule has 0 aromatic heterocycles. The van der Waals surface area contributed by atoms with Crippen molar-refractivity contribution in [2.24, 2.45) is 0 Å². The first-order valence-electron chi connectivity index (χ1n) is 10.6. The zero-order valence-electron chi connectivity index (χ0n) is 18.0. The van der Waals surface area contributed by atoms with Crippen molar-refractivity contribution in [3.8, 4) is 6.07 Å². The molecule has 1 heterocycles. The summed E-state index contributed by atoms with van der Waals surface area (Å²) in [6.45, 7) is 3.85. The fraction of sp³-hybridized carbons (Fsp3) is 0.375. The van der Waals surface area contributed by atoms with Crippen LogP contribution in [-0.2, 0) is 11.3 Å². The van der Waals surface area contributed by atoms with Crippen LogP contribution < -0.4 is 10.2 Å². The van der Waals surface area contributed by atoms with Crippen LogP contribution in [0.2, 0.25) is 0 Å². The number of nitrogens with zero attached hydrogens (tertiary/aromatic N) is 4. The lowest BCUT2D eigenvalue weighted by Gasteiger charge is -2.24. The molecule has 1 fully saturated rings. The van der Waals surface area contributed by atoms with Crippen molar-refractivity contribution in [2.75, 3.05) is 44.7 Å². The SMILES string of the molecule is CN(Cc1ccccc1)C(=O)NCCC(=O)N1CCCN(c2ccc(C#N)cc2)CC1. The maximum Gasteiger partial charge on any atom is 0.317 e. The Balaban J connectivity index is 1.41. The van der Waals surface area contributed by atoms with E-state index in [4.69, 9.17) is 5.26 Å². The molecule has 1 aliphatic rings. The minimum absolute atomic E-state index is 0.0627. The molecule has 1 N–H and O–H groups in total. The summed E-state index contributed by atoms with van der Waals surface area (Å²) in [5.74, 6) is 0.0627. The van der Waals surface area contributed by atoms with Crippen LogP contribution >= 0.6 is 0 Å². The van der Waals surface area contributed by atoms with E-state index in [1.54, 1.807) is 11.9 Å². The maximum absolute atomic E-state index is 12.6. The normalized spacial score (nSPS) is 13.8. The molecule has 162 valence electrons. The van der Waals surface area contributed by atoms with Crippen molar-refractivity contribution in [2.45, 2.75) is 19.4 Å². The summed E-state index contributed by atoms with van der Waals surface area (Å²) >= 11 is 0. The van der Waals surface area contributed by atoms with Crippen LogP contribution in [0.4, 0.5) is 10.5 Å². The van der Waals surface area contributed by atoms with Crippen molar-refractivity contribution < 1.29 is 9.59 Å². The molecule has 0 spiro atoms. The van der Waals surface area contributed by atoms with Crippen LogP contribution in [0.25, 0.3) is 0 Å². The van der Waals surface area contributed by atoms with Crippen LogP contribution in [0.1, 0.15) is 24.0 Å². The Morgan fingerprint density at radius 1 is 1.03 bits per heavy atom.